The van der Waals surface area contributed by atoms with Crippen molar-refractivity contribution in [3.8, 4) is 0 Å². The number of halogens is 2. The fourth-order valence-corrected chi connectivity index (χ4v) is 3.77. The van der Waals surface area contributed by atoms with Gasteiger partial charge in [0.15, 0.2) is 0 Å². The van der Waals surface area contributed by atoms with Crippen LogP contribution in [0.3, 0.4) is 0 Å². The van der Waals surface area contributed by atoms with Gasteiger partial charge in [-0.3, -0.25) is 9.59 Å². The molecule has 1 N–H and O–H groups in total. The SMILES string of the molecule is O=C1CCCC(c2ccc(CNC(=O)c3c(Cl)cccc3Cl)cc2)C1. The molecule has 0 bridgehead atoms. The standard InChI is InChI=1S/C20H19Cl2NO2/c21-17-5-2-6-18(22)19(17)20(25)23-12-13-7-9-14(10-8-13)15-3-1-4-16(24)11-15/h2,5-10,15H,1,3-4,11-12H2,(H,23,25). The molecule has 0 aliphatic heterocycles. The number of nitrogens with one attached hydrogen (secondary N) is 1. The molecule has 0 spiro atoms. The van der Waals surface area contributed by atoms with Gasteiger partial charge in [-0.1, -0.05) is 53.5 Å². The van der Waals surface area contributed by atoms with Crippen LogP contribution >= 0.6 is 23.2 Å². The van der Waals surface area contributed by atoms with Crippen molar-refractivity contribution >= 4 is 34.9 Å². The summed E-state index contributed by atoms with van der Waals surface area (Å²) in [5.41, 5.74) is 2.47. The Morgan fingerprint density at radius 1 is 1.08 bits per heavy atom. The third kappa shape index (κ3) is 4.42. The molecular formula is C20H19Cl2NO2. The number of amides is 1. The van der Waals surface area contributed by atoms with Gasteiger partial charge in [0.05, 0.1) is 15.6 Å². The summed E-state index contributed by atoms with van der Waals surface area (Å²) in [6.45, 7) is 0.393. The number of carbonyl (C=O) groups excluding carboxylic acids is 2. The van der Waals surface area contributed by atoms with Crippen LogP contribution in [0.2, 0.25) is 10.0 Å². The molecule has 0 saturated heterocycles. The van der Waals surface area contributed by atoms with Crippen LogP contribution < -0.4 is 5.32 Å². The van der Waals surface area contributed by atoms with Crippen molar-refractivity contribution < 1.29 is 9.59 Å². The fraction of sp³-hybridized carbons (Fsp3) is 0.300. The molecule has 2 aromatic carbocycles. The molecule has 2 aromatic rings. The zero-order chi connectivity index (χ0) is 17.8. The minimum atomic E-state index is -0.294. The summed E-state index contributed by atoms with van der Waals surface area (Å²) in [7, 11) is 0. The predicted octanol–water partition coefficient (Wildman–Crippen LogP) is 5.15. The first-order valence-electron chi connectivity index (χ1n) is 8.37. The summed E-state index contributed by atoms with van der Waals surface area (Å²) in [6.07, 6.45) is 3.39. The van der Waals surface area contributed by atoms with Crippen molar-refractivity contribution in [3.63, 3.8) is 0 Å². The smallest absolute Gasteiger partial charge is 0.254 e. The quantitative estimate of drug-likeness (QED) is 0.802. The van der Waals surface area contributed by atoms with Gasteiger partial charge in [-0.15, -0.1) is 0 Å². The van der Waals surface area contributed by atoms with E-state index < -0.39 is 0 Å². The van der Waals surface area contributed by atoms with Crippen molar-refractivity contribution in [2.75, 3.05) is 0 Å². The molecule has 1 saturated carbocycles. The zero-order valence-electron chi connectivity index (χ0n) is 13.7. The van der Waals surface area contributed by atoms with Gasteiger partial charge in [-0.2, -0.15) is 0 Å². The van der Waals surface area contributed by atoms with E-state index in [9.17, 15) is 9.59 Å². The minimum Gasteiger partial charge on any atom is -0.348 e. The highest BCUT2D eigenvalue weighted by molar-refractivity contribution is 6.39. The maximum atomic E-state index is 12.3. The Morgan fingerprint density at radius 2 is 1.76 bits per heavy atom. The van der Waals surface area contributed by atoms with Crippen molar-refractivity contribution in [1.29, 1.82) is 0 Å². The first kappa shape index (κ1) is 18.0. The third-order valence-electron chi connectivity index (χ3n) is 4.58. The van der Waals surface area contributed by atoms with Gasteiger partial charge < -0.3 is 5.32 Å². The van der Waals surface area contributed by atoms with Gasteiger partial charge in [0.25, 0.3) is 5.91 Å². The van der Waals surface area contributed by atoms with Gasteiger partial charge in [-0.25, -0.2) is 0 Å². The molecule has 25 heavy (non-hydrogen) atoms. The highest BCUT2D eigenvalue weighted by Gasteiger charge is 2.20. The summed E-state index contributed by atoms with van der Waals surface area (Å²) >= 11 is 12.1. The molecule has 1 aliphatic carbocycles. The van der Waals surface area contributed by atoms with E-state index in [1.807, 2.05) is 24.3 Å². The average molecular weight is 376 g/mol. The van der Waals surface area contributed by atoms with E-state index in [4.69, 9.17) is 23.2 Å². The fourth-order valence-electron chi connectivity index (χ4n) is 3.20. The second-order valence-corrected chi connectivity index (χ2v) is 7.17. The molecular weight excluding hydrogens is 357 g/mol. The molecule has 1 unspecified atom stereocenters. The van der Waals surface area contributed by atoms with Gasteiger partial charge in [-0.05, 0) is 42.0 Å². The van der Waals surface area contributed by atoms with E-state index in [-0.39, 0.29) is 5.91 Å². The second-order valence-electron chi connectivity index (χ2n) is 6.35. The lowest BCUT2D eigenvalue weighted by molar-refractivity contribution is -0.120. The van der Waals surface area contributed by atoms with Crippen molar-refractivity contribution in [3.05, 3.63) is 69.2 Å². The third-order valence-corrected chi connectivity index (χ3v) is 5.21. The van der Waals surface area contributed by atoms with E-state index in [1.54, 1.807) is 18.2 Å². The Kier molecular flexibility index (Phi) is 5.77. The van der Waals surface area contributed by atoms with Crippen LogP contribution in [-0.2, 0) is 11.3 Å². The molecule has 3 rings (SSSR count). The highest BCUT2D eigenvalue weighted by Crippen LogP contribution is 2.31. The lowest BCUT2D eigenvalue weighted by atomic mass is 9.83. The monoisotopic (exact) mass is 375 g/mol. The summed E-state index contributed by atoms with van der Waals surface area (Å²) < 4.78 is 0. The highest BCUT2D eigenvalue weighted by atomic mass is 35.5. The van der Waals surface area contributed by atoms with Crippen LogP contribution in [0.1, 0.15) is 53.1 Å². The van der Waals surface area contributed by atoms with Crippen LogP contribution in [0.4, 0.5) is 0 Å². The topological polar surface area (TPSA) is 46.2 Å². The Hall–Kier alpha value is -1.84. The van der Waals surface area contributed by atoms with Crippen molar-refractivity contribution in [1.82, 2.24) is 5.32 Å². The largest absolute Gasteiger partial charge is 0.348 e. The summed E-state index contributed by atoms with van der Waals surface area (Å²) in [6, 6.07) is 13.1. The maximum absolute atomic E-state index is 12.3. The molecule has 130 valence electrons. The van der Waals surface area contributed by atoms with Crippen LogP contribution in [0.5, 0.6) is 0 Å². The average Bonchev–Trinajstić information content (AvgIpc) is 2.60. The molecule has 1 aliphatic rings. The van der Waals surface area contributed by atoms with Gasteiger partial charge in [0.2, 0.25) is 0 Å². The number of rotatable bonds is 4. The van der Waals surface area contributed by atoms with Crippen LogP contribution in [0.25, 0.3) is 0 Å². The molecule has 0 radical (unpaired) electrons. The number of benzene rings is 2. The van der Waals surface area contributed by atoms with Gasteiger partial charge >= 0.3 is 0 Å². The molecule has 1 fully saturated rings. The second kappa shape index (κ2) is 8.03. The summed E-state index contributed by atoms with van der Waals surface area (Å²) in [5, 5.41) is 3.51. The normalized spacial score (nSPS) is 17.4. The Balaban J connectivity index is 1.62. The van der Waals surface area contributed by atoms with Crippen molar-refractivity contribution in [2.45, 2.75) is 38.1 Å². The molecule has 1 atom stereocenters. The number of ketones is 1. The van der Waals surface area contributed by atoms with Crippen molar-refractivity contribution in [2.24, 2.45) is 0 Å². The zero-order valence-corrected chi connectivity index (χ0v) is 15.2. The first-order chi connectivity index (χ1) is 12.0. The summed E-state index contributed by atoms with van der Waals surface area (Å²) in [4.78, 5) is 23.9. The molecule has 3 nitrogen and oxygen atoms in total. The summed E-state index contributed by atoms with van der Waals surface area (Å²) in [5.74, 6) is 0.383. The van der Waals surface area contributed by atoms with Gasteiger partial charge in [0, 0.05) is 19.4 Å². The van der Waals surface area contributed by atoms with Gasteiger partial charge in [0.1, 0.15) is 5.78 Å². The van der Waals surface area contributed by atoms with E-state index in [0.29, 0.717) is 46.7 Å². The van der Waals surface area contributed by atoms with E-state index >= 15 is 0 Å². The van der Waals surface area contributed by atoms with Crippen LogP contribution in [0.15, 0.2) is 42.5 Å². The number of carbonyl (C=O) groups is 2. The maximum Gasteiger partial charge on any atom is 0.254 e. The molecule has 5 heteroatoms. The lowest BCUT2D eigenvalue weighted by Gasteiger charge is -2.21. The molecule has 0 heterocycles. The number of hydrogen-bond donors (Lipinski definition) is 1. The Bertz CT molecular complexity index is 767. The molecule has 1 amide bonds. The lowest BCUT2D eigenvalue weighted by Crippen LogP contribution is -2.23. The Labute approximate surface area is 157 Å². The van der Waals surface area contributed by atoms with E-state index in [2.05, 4.69) is 5.32 Å². The molecule has 0 aromatic heterocycles. The Morgan fingerprint density at radius 3 is 2.40 bits per heavy atom. The first-order valence-corrected chi connectivity index (χ1v) is 9.13. The van der Waals surface area contributed by atoms with E-state index in [1.165, 1.54) is 5.56 Å². The number of hydrogen-bond acceptors (Lipinski definition) is 2. The van der Waals surface area contributed by atoms with Crippen LogP contribution in [-0.4, -0.2) is 11.7 Å². The van der Waals surface area contributed by atoms with E-state index in [0.717, 1.165) is 18.4 Å². The predicted molar refractivity (Wildman–Crippen MR) is 100 cm³/mol. The van der Waals surface area contributed by atoms with Crippen LogP contribution in [0, 0.1) is 0 Å². The minimum absolute atomic E-state index is 0.294. The number of Topliss-reactive ketones (excluding diaryl/α,β-unsaturated/α-hetero) is 1.